The predicted octanol–water partition coefficient (Wildman–Crippen LogP) is 2.57. The molecule has 5 heteroatoms. The van der Waals surface area contributed by atoms with Gasteiger partial charge in [-0.25, -0.2) is 4.68 Å². The van der Waals surface area contributed by atoms with E-state index in [1.807, 2.05) is 38.1 Å². The van der Waals surface area contributed by atoms with Crippen molar-refractivity contribution in [2.24, 2.45) is 5.10 Å². The van der Waals surface area contributed by atoms with Gasteiger partial charge in [0.15, 0.2) is 11.6 Å². The van der Waals surface area contributed by atoms with E-state index in [-0.39, 0.29) is 0 Å². The van der Waals surface area contributed by atoms with Crippen molar-refractivity contribution in [3.05, 3.63) is 41.5 Å². The molecule has 0 amide bonds. The second-order valence-electron chi connectivity index (χ2n) is 4.27. The van der Waals surface area contributed by atoms with Crippen LogP contribution in [0.25, 0.3) is 0 Å². The Morgan fingerprint density at radius 2 is 1.79 bits per heavy atom. The summed E-state index contributed by atoms with van der Waals surface area (Å²) in [6.07, 6.45) is 2.79. The topological polar surface area (TPSA) is 52.3 Å². The van der Waals surface area contributed by atoms with E-state index < -0.39 is 0 Å². The maximum Gasteiger partial charge on any atom is 0.151 e. The van der Waals surface area contributed by atoms with E-state index in [0.717, 1.165) is 36.0 Å². The molecule has 0 saturated carbocycles. The SMILES string of the molecule is CCCOc1ccc(C=Nn2c(C)nnc2C)cc1. The van der Waals surface area contributed by atoms with Gasteiger partial charge >= 0.3 is 0 Å². The Bertz CT molecular complexity index is 538. The number of ether oxygens (including phenoxy) is 1. The molecule has 1 heterocycles. The summed E-state index contributed by atoms with van der Waals surface area (Å²) in [5.41, 5.74) is 1.01. The first kappa shape index (κ1) is 13.3. The van der Waals surface area contributed by atoms with Crippen molar-refractivity contribution >= 4 is 6.21 Å². The van der Waals surface area contributed by atoms with Gasteiger partial charge in [0.25, 0.3) is 0 Å². The lowest BCUT2D eigenvalue weighted by atomic mass is 10.2. The second-order valence-corrected chi connectivity index (χ2v) is 4.27. The number of benzene rings is 1. The van der Waals surface area contributed by atoms with E-state index in [1.54, 1.807) is 10.9 Å². The highest BCUT2D eigenvalue weighted by atomic mass is 16.5. The molecule has 2 aromatic rings. The Labute approximate surface area is 112 Å². The fraction of sp³-hybridized carbons (Fsp3) is 0.357. The van der Waals surface area contributed by atoms with Crippen LogP contribution in [-0.2, 0) is 0 Å². The van der Waals surface area contributed by atoms with Gasteiger partial charge < -0.3 is 4.74 Å². The molecule has 1 aromatic carbocycles. The molecule has 2 rings (SSSR count). The Morgan fingerprint density at radius 3 is 2.37 bits per heavy atom. The van der Waals surface area contributed by atoms with Crippen LogP contribution in [0, 0.1) is 13.8 Å². The minimum Gasteiger partial charge on any atom is -0.494 e. The van der Waals surface area contributed by atoms with Crippen LogP contribution in [0.4, 0.5) is 0 Å². The van der Waals surface area contributed by atoms with Gasteiger partial charge in [0.2, 0.25) is 0 Å². The third kappa shape index (κ3) is 3.40. The molecule has 0 aliphatic rings. The zero-order valence-corrected chi connectivity index (χ0v) is 11.5. The number of nitrogens with zero attached hydrogens (tertiary/aromatic N) is 4. The predicted molar refractivity (Wildman–Crippen MR) is 74.7 cm³/mol. The van der Waals surface area contributed by atoms with Crippen LogP contribution in [0.2, 0.25) is 0 Å². The van der Waals surface area contributed by atoms with Gasteiger partial charge in [-0.15, -0.1) is 10.2 Å². The minimum absolute atomic E-state index is 0.743. The largest absolute Gasteiger partial charge is 0.494 e. The lowest BCUT2D eigenvalue weighted by molar-refractivity contribution is 0.317. The summed E-state index contributed by atoms with van der Waals surface area (Å²) in [6.45, 7) is 6.58. The lowest BCUT2D eigenvalue weighted by Crippen LogP contribution is -1.97. The van der Waals surface area contributed by atoms with Crippen LogP contribution in [0.3, 0.4) is 0 Å². The minimum atomic E-state index is 0.743. The van der Waals surface area contributed by atoms with Crippen LogP contribution in [0.5, 0.6) is 5.75 Å². The smallest absolute Gasteiger partial charge is 0.151 e. The van der Waals surface area contributed by atoms with Crippen LogP contribution in [0.1, 0.15) is 30.6 Å². The molecule has 0 saturated heterocycles. The Kier molecular flexibility index (Phi) is 4.28. The summed E-state index contributed by atoms with van der Waals surface area (Å²) in [6, 6.07) is 7.85. The first-order valence-corrected chi connectivity index (χ1v) is 6.36. The molecule has 0 aliphatic heterocycles. The van der Waals surface area contributed by atoms with E-state index in [0.29, 0.717) is 0 Å². The molecule has 1 aromatic heterocycles. The summed E-state index contributed by atoms with van der Waals surface area (Å²) in [5.74, 6) is 2.43. The molecule has 0 bridgehead atoms. The number of aromatic nitrogens is 3. The van der Waals surface area contributed by atoms with Crippen molar-refractivity contribution in [2.75, 3.05) is 6.61 Å². The average Bonchev–Trinajstić information content (AvgIpc) is 2.75. The highest BCUT2D eigenvalue weighted by molar-refractivity contribution is 5.79. The molecule has 0 unspecified atom stereocenters. The van der Waals surface area contributed by atoms with Crippen molar-refractivity contribution in [3.8, 4) is 5.75 Å². The molecule has 0 fully saturated rings. The Hall–Kier alpha value is -2.17. The quantitative estimate of drug-likeness (QED) is 0.774. The molecular formula is C14H18N4O. The van der Waals surface area contributed by atoms with Crippen LogP contribution in [-0.4, -0.2) is 27.7 Å². The first-order chi connectivity index (χ1) is 9.20. The Balaban J connectivity index is 2.07. The summed E-state index contributed by atoms with van der Waals surface area (Å²) in [7, 11) is 0. The van der Waals surface area contributed by atoms with E-state index in [9.17, 15) is 0 Å². The molecule has 0 aliphatic carbocycles. The van der Waals surface area contributed by atoms with Crippen molar-refractivity contribution < 1.29 is 4.74 Å². The van der Waals surface area contributed by atoms with E-state index in [1.165, 1.54) is 0 Å². The summed E-state index contributed by atoms with van der Waals surface area (Å²) >= 11 is 0. The summed E-state index contributed by atoms with van der Waals surface area (Å²) in [4.78, 5) is 0. The molecule has 0 atom stereocenters. The molecular weight excluding hydrogens is 240 g/mol. The van der Waals surface area contributed by atoms with Gasteiger partial charge in [-0.05, 0) is 50.1 Å². The zero-order valence-electron chi connectivity index (χ0n) is 11.5. The Morgan fingerprint density at radius 1 is 1.16 bits per heavy atom. The molecule has 19 heavy (non-hydrogen) atoms. The third-order valence-electron chi connectivity index (χ3n) is 2.63. The standard InChI is InChI=1S/C14H18N4O/c1-4-9-19-14-7-5-13(6-8-14)10-15-18-11(2)16-17-12(18)3/h5-8,10H,4,9H2,1-3H3. The second kappa shape index (κ2) is 6.13. The molecule has 0 radical (unpaired) electrons. The van der Waals surface area contributed by atoms with E-state index in [4.69, 9.17) is 4.74 Å². The van der Waals surface area contributed by atoms with Gasteiger partial charge in [-0.1, -0.05) is 6.92 Å². The molecule has 5 nitrogen and oxygen atoms in total. The van der Waals surface area contributed by atoms with Gasteiger partial charge in [0.05, 0.1) is 12.8 Å². The summed E-state index contributed by atoms with van der Waals surface area (Å²) in [5, 5.41) is 12.3. The zero-order chi connectivity index (χ0) is 13.7. The van der Waals surface area contributed by atoms with Crippen molar-refractivity contribution in [3.63, 3.8) is 0 Å². The molecule has 0 N–H and O–H groups in total. The maximum absolute atomic E-state index is 5.53. The highest BCUT2D eigenvalue weighted by Gasteiger charge is 2.01. The number of hydrogen-bond donors (Lipinski definition) is 0. The van der Waals surface area contributed by atoms with E-state index in [2.05, 4.69) is 22.2 Å². The van der Waals surface area contributed by atoms with Crippen LogP contribution in [0.15, 0.2) is 29.4 Å². The average molecular weight is 258 g/mol. The van der Waals surface area contributed by atoms with Gasteiger partial charge in [-0.3, -0.25) is 0 Å². The normalized spacial score (nSPS) is 11.1. The third-order valence-corrected chi connectivity index (χ3v) is 2.63. The van der Waals surface area contributed by atoms with Crippen molar-refractivity contribution in [1.82, 2.24) is 14.9 Å². The number of aryl methyl sites for hydroxylation is 2. The molecule has 100 valence electrons. The highest BCUT2D eigenvalue weighted by Crippen LogP contribution is 2.11. The van der Waals surface area contributed by atoms with Crippen molar-refractivity contribution in [1.29, 1.82) is 0 Å². The fourth-order valence-corrected chi connectivity index (χ4v) is 1.63. The fourth-order valence-electron chi connectivity index (χ4n) is 1.63. The maximum atomic E-state index is 5.53. The lowest BCUT2D eigenvalue weighted by Gasteiger charge is -2.04. The van der Waals surface area contributed by atoms with E-state index >= 15 is 0 Å². The van der Waals surface area contributed by atoms with Crippen LogP contribution >= 0.6 is 0 Å². The monoisotopic (exact) mass is 258 g/mol. The number of rotatable bonds is 5. The van der Waals surface area contributed by atoms with Crippen LogP contribution < -0.4 is 4.74 Å². The first-order valence-electron chi connectivity index (χ1n) is 6.36. The number of hydrogen-bond acceptors (Lipinski definition) is 4. The summed E-state index contributed by atoms with van der Waals surface area (Å²) < 4.78 is 7.24. The van der Waals surface area contributed by atoms with Crippen molar-refractivity contribution in [2.45, 2.75) is 27.2 Å². The molecule has 0 spiro atoms. The van der Waals surface area contributed by atoms with Gasteiger partial charge in [-0.2, -0.15) is 5.10 Å². The van der Waals surface area contributed by atoms with Gasteiger partial charge in [0.1, 0.15) is 5.75 Å². The van der Waals surface area contributed by atoms with Gasteiger partial charge in [0, 0.05) is 0 Å².